The zero-order valence-electron chi connectivity index (χ0n) is 4.13. The third-order valence-corrected chi connectivity index (χ3v) is 0.783. The molecule has 2 N–H and O–H groups in total. The molecular formula is CH4NO6P. The lowest BCUT2D eigenvalue weighted by Crippen LogP contribution is -2.01. The second kappa shape index (κ2) is 2.77. The van der Waals surface area contributed by atoms with Gasteiger partial charge in [0.2, 0.25) is 0 Å². The van der Waals surface area contributed by atoms with E-state index in [1.54, 1.807) is 0 Å². The molecule has 9 heavy (non-hydrogen) atoms. The van der Waals surface area contributed by atoms with Crippen molar-refractivity contribution in [1.29, 1.82) is 0 Å². The zero-order valence-corrected chi connectivity index (χ0v) is 5.02. The van der Waals surface area contributed by atoms with Crippen LogP contribution in [0.15, 0.2) is 0 Å². The van der Waals surface area contributed by atoms with Crippen molar-refractivity contribution in [1.82, 2.24) is 0 Å². The van der Waals surface area contributed by atoms with E-state index in [9.17, 15) is 14.7 Å². The van der Waals surface area contributed by atoms with Crippen LogP contribution < -0.4 is 0 Å². The van der Waals surface area contributed by atoms with Crippen molar-refractivity contribution < 1.29 is 24.3 Å². The molecule has 0 spiro atoms. The molecule has 0 aliphatic rings. The molecule has 0 aromatic rings. The van der Waals surface area contributed by atoms with Crippen molar-refractivity contribution in [2.24, 2.45) is 0 Å². The molecule has 0 saturated carbocycles. The fourth-order valence-corrected chi connectivity index (χ4v) is 0.367. The minimum atomic E-state index is -4.38. The van der Waals surface area contributed by atoms with Gasteiger partial charge < -0.3 is 14.6 Å². The van der Waals surface area contributed by atoms with E-state index in [0.717, 1.165) is 0 Å². The molecule has 0 bridgehead atoms. The maximum Gasteiger partial charge on any atom is 0.351 e. The molecule has 0 heterocycles. The highest BCUT2D eigenvalue weighted by atomic mass is 31.2. The monoisotopic (exact) mass is 157 g/mol. The fraction of sp³-hybridized carbons (Fsp3) is 1.00. The first-order valence-electron chi connectivity index (χ1n) is 1.74. The van der Waals surface area contributed by atoms with E-state index in [1.165, 1.54) is 0 Å². The Morgan fingerprint density at radius 1 is 1.67 bits per heavy atom. The van der Waals surface area contributed by atoms with Gasteiger partial charge in [-0.25, -0.2) is 0 Å². The van der Waals surface area contributed by atoms with Crippen molar-refractivity contribution >= 4 is 7.60 Å². The van der Waals surface area contributed by atoms with E-state index in [1.807, 2.05) is 0 Å². The Kier molecular flexibility index (Phi) is 2.57. The topological polar surface area (TPSA) is 110 Å². The minimum Gasteiger partial charge on any atom is -0.323 e. The Morgan fingerprint density at radius 2 is 2.11 bits per heavy atom. The lowest BCUT2D eigenvalue weighted by Gasteiger charge is -1.98. The number of rotatable bonds is 3. The van der Waals surface area contributed by atoms with Crippen LogP contribution in [0.3, 0.4) is 0 Å². The highest BCUT2D eigenvalue weighted by Crippen LogP contribution is 2.33. The smallest absolute Gasteiger partial charge is 0.323 e. The van der Waals surface area contributed by atoms with Gasteiger partial charge in [-0.1, -0.05) is 0 Å². The van der Waals surface area contributed by atoms with Crippen LogP contribution in [0, 0.1) is 10.1 Å². The summed E-state index contributed by atoms with van der Waals surface area (Å²) in [6.07, 6.45) is -1.18. The van der Waals surface area contributed by atoms with Gasteiger partial charge in [0.15, 0.2) is 6.35 Å². The quantitative estimate of drug-likeness (QED) is 0.319. The van der Waals surface area contributed by atoms with Crippen LogP contribution in [-0.2, 0) is 9.40 Å². The molecule has 0 fully saturated rings. The van der Waals surface area contributed by atoms with E-state index in [0.29, 0.717) is 0 Å². The van der Waals surface area contributed by atoms with Crippen molar-refractivity contribution in [3.63, 3.8) is 0 Å². The minimum absolute atomic E-state index is 1.18. The number of hydrogen-bond acceptors (Lipinski definition) is 4. The SMILES string of the molecule is O=[N+]([O-])OCP(=O)(O)O. The van der Waals surface area contributed by atoms with Crippen LogP contribution in [0.1, 0.15) is 0 Å². The van der Waals surface area contributed by atoms with Gasteiger partial charge in [0.05, 0.1) is 0 Å². The third kappa shape index (κ3) is 7.35. The third-order valence-electron chi connectivity index (χ3n) is 0.331. The van der Waals surface area contributed by atoms with E-state index >= 15 is 0 Å². The molecule has 0 aromatic carbocycles. The van der Waals surface area contributed by atoms with E-state index in [-0.39, 0.29) is 0 Å². The second-order valence-corrected chi connectivity index (χ2v) is 2.73. The van der Waals surface area contributed by atoms with Crippen LogP contribution in [-0.4, -0.2) is 21.2 Å². The van der Waals surface area contributed by atoms with Gasteiger partial charge in [0.25, 0.3) is 5.09 Å². The molecular weight excluding hydrogens is 153 g/mol. The summed E-state index contributed by atoms with van der Waals surface area (Å²) in [5, 5.41) is 8.02. The normalized spacial score (nSPS) is 10.9. The lowest BCUT2D eigenvalue weighted by atomic mass is 11.7. The van der Waals surface area contributed by atoms with Crippen LogP contribution in [0.4, 0.5) is 0 Å². The van der Waals surface area contributed by atoms with E-state index in [2.05, 4.69) is 4.84 Å². The van der Waals surface area contributed by atoms with Gasteiger partial charge in [-0.3, -0.25) is 4.57 Å². The molecule has 0 saturated heterocycles. The average Bonchev–Trinajstić information content (AvgIpc) is 1.59. The zero-order chi connectivity index (χ0) is 7.49. The molecule has 0 aromatic heterocycles. The number of nitrogens with zero attached hydrogens (tertiary/aromatic N) is 1. The summed E-state index contributed by atoms with van der Waals surface area (Å²) >= 11 is 0. The molecule has 54 valence electrons. The summed E-state index contributed by atoms with van der Waals surface area (Å²) in [7, 11) is -4.38. The maximum atomic E-state index is 9.80. The van der Waals surface area contributed by atoms with Crippen LogP contribution in [0.5, 0.6) is 0 Å². The molecule has 0 aliphatic carbocycles. The van der Waals surface area contributed by atoms with Crippen LogP contribution >= 0.6 is 7.60 Å². The standard InChI is InChI=1S/CH4NO6P/c3-2(4)8-1-9(5,6)7/h1H2,(H2,5,6,7). The van der Waals surface area contributed by atoms with Crippen molar-refractivity contribution in [3.8, 4) is 0 Å². The molecule has 0 unspecified atom stereocenters. The summed E-state index contributed by atoms with van der Waals surface area (Å²) in [6, 6.07) is 0. The van der Waals surface area contributed by atoms with Gasteiger partial charge in [0, 0.05) is 0 Å². The predicted octanol–water partition coefficient (Wildman–Crippen LogP) is -0.670. The first-order valence-corrected chi connectivity index (χ1v) is 3.53. The van der Waals surface area contributed by atoms with Crippen LogP contribution in [0.2, 0.25) is 0 Å². The molecule has 7 nitrogen and oxygen atoms in total. The largest absolute Gasteiger partial charge is 0.351 e. The molecule has 0 radical (unpaired) electrons. The van der Waals surface area contributed by atoms with Gasteiger partial charge in [-0.05, 0) is 0 Å². The molecule has 8 heteroatoms. The van der Waals surface area contributed by atoms with Crippen molar-refractivity contribution in [3.05, 3.63) is 10.1 Å². The summed E-state index contributed by atoms with van der Waals surface area (Å²) < 4.78 is 9.80. The first-order chi connectivity index (χ1) is 3.92. The van der Waals surface area contributed by atoms with E-state index < -0.39 is 19.0 Å². The molecule has 0 rings (SSSR count). The average molecular weight is 157 g/mol. The van der Waals surface area contributed by atoms with E-state index in [4.69, 9.17) is 9.79 Å². The summed E-state index contributed by atoms with van der Waals surface area (Å²) in [6.45, 7) is 0. The summed E-state index contributed by atoms with van der Waals surface area (Å²) in [4.78, 5) is 28.5. The highest BCUT2D eigenvalue weighted by Gasteiger charge is 2.14. The van der Waals surface area contributed by atoms with Gasteiger partial charge in [-0.2, -0.15) is 0 Å². The summed E-state index contributed by atoms with van der Waals surface area (Å²) in [5.41, 5.74) is 0. The number of hydrogen-bond donors (Lipinski definition) is 2. The predicted molar refractivity (Wildman–Crippen MR) is 25.0 cm³/mol. The van der Waals surface area contributed by atoms with Crippen molar-refractivity contribution in [2.75, 3.05) is 6.35 Å². The lowest BCUT2D eigenvalue weighted by molar-refractivity contribution is -0.753. The Hall–Kier alpha value is -0.650. The Labute approximate surface area is 49.5 Å². The Bertz CT molecular complexity index is 147. The first kappa shape index (κ1) is 8.35. The molecule has 0 atom stereocenters. The Morgan fingerprint density at radius 3 is 2.22 bits per heavy atom. The van der Waals surface area contributed by atoms with Gasteiger partial charge in [-0.15, -0.1) is 10.1 Å². The summed E-state index contributed by atoms with van der Waals surface area (Å²) in [5.74, 6) is 0. The van der Waals surface area contributed by atoms with Crippen molar-refractivity contribution in [2.45, 2.75) is 0 Å². The second-order valence-electron chi connectivity index (χ2n) is 1.15. The van der Waals surface area contributed by atoms with Gasteiger partial charge in [0.1, 0.15) is 0 Å². The highest BCUT2D eigenvalue weighted by molar-refractivity contribution is 7.51. The maximum absolute atomic E-state index is 9.80. The Balaban J connectivity index is 3.53. The van der Waals surface area contributed by atoms with Gasteiger partial charge >= 0.3 is 7.60 Å². The van der Waals surface area contributed by atoms with Crippen LogP contribution in [0.25, 0.3) is 0 Å². The molecule has 0 aliphatic heterocycles. The fourth-order valence-electron chi connectivity index (χ4n) is 0.122. The molecule has 0 amide bonds.